The van der Waals surface area contributed by atoms with Crippen LogP contribution in [-0.2, 0) is 12.6 Å². The Balaban J connectivity index is 2.14. The number of hydrogen-bond acceptors (Lipinski definition) is 2. The molecule has 2 rings (SSSR count). The van der Waals surface area contributed by atoms with Crippen molar-refractivity contribution in [3.8, 4) is 0 Å². The van der Waals surface area contributed by atoms with E-state index in [0.29, 0.717) is 0 Å². The van der Waals surface area contributed by atoms with Crippen molar-refractivity contribution >= 4 is 18.2 Å². The zero-order valence-corrected chi connectivity index (χ0v) is 13.9. The lowest BCUT2D eigenvalue weighted by atomic mass is 10.1. The molecule has 0 bridgehead atoms. The van der Waals surface area contributed by atoms with Gasteiger partial charge in [0.25, 0.3) is 0 Å². The number of alkyl halides is 3. The van der Waals surface area contributed by atoms with E-state index in [1.807, 2.05) is 19.9 Å². The summed E-state index contributed by atoms with van der Waals surface area (Å²) in [5.41, 5.74) is 1.48. The molecule has 128 valence electrons. The van der Waals surface area contributed by atoms with Gasteiger partial charge < -0.3 is 4.98 Å². The molecule has 1 atom stereocenters. The number of aliphatic imine (C=N–C) groups is 2. The van der Waals surface area contributed by atoms with Gasteiger partial charge in [0, 0.05) is 23.7 Å². The van der Waals surface area contributed by atoms with Crippen LogP contribution in [0.25, 0.3) is 0 Å². The van der Waals surface area contributed by atoms with Crippen LogP contribution in [0.15, 0.2) is 40.3 Å². The standard InChI is InChI=1S/C18H20F3N3/c1-4-14-9-12(2)24-17(14)23-10-13(3)22-11-15-7-5-6-8-16(15)18(19,20)21/h5-11,13,24H,4H2,1-3H3. The van der Waals surface area contributed by atoms with Crippen LogP contribution in [0.3, 0.4) is 0 Å². The Morgan fingerprint density at radius 2 is 1.96 bits per heavy atom. The van der Waals surface area contributed by atoms with Crippen LogP contribution in [0, 0.1) is 6.92 Å². The van der Waals surface area contributed by atoms with Crippen LogP contribution in [0.2, 0.25) is 0 Å². The third-order valence-corrected chi connectivity index (χ3v) is 3.53. The molecule has 2 aromatic rings. The maximum Gasteiger partial charge on any atom is 0.417 e. The van der Waals surface area contributed by atoms with Crippen LogP contribution in [-0.4, -0.2) is 23.5 Å². The van der Waals surface area contributed by atoms with Gasteiger partial charge in [-0.15, -0.1) is 0 Å². The summed E-state index contributed by atoms with van der Waals surface area (Å²) in [6.45, 7) is 5.77. The SMILES string of the molecule is CCc1cc(C)[nH]c1N=CC(C)N=Cc1ccccc1C(F)(F)F. The predicted octanol–water partition coefficient (Wildman–Crippen LogP) is 5.11. The molecule has 1 aromatic heterocycles. The molecule has 1 unspecified atom stereocenters. The van der Waals surface area contributed by atoms with Gasteiger partial charge in [-0.05, 0) is 38.0 Å². The van der Waals surface area contributed by atoms with Crippen molar-refractivity contribution in [1.29, 1.82) is 0 Å². The normalized spacial score (nSPS) is 13.9. The molecule has 1 heterocycles. The molecule has 1 aromatic carbocycles. The van der Waals surface area contributed by atoms with Crippen molar-refractivity contribution in [1.82, 2.24) is 4.98 Å². The molecule has 0 spiro atoms. The highest BCUT2D eigenvalue weighted by Crippen LogP contribution is 2.31. The Morgan fingerprint density at radius 1 is 1.25 bits per heavy atom. The molecule has 6 heteroatoms. The molecule has 0 radical (unpaired) electrons. The van der Waals surface area contributed by atoms with Gasteiger partial charge in [-0.25, -0.2) is 4.99 Å². The number of nitrogens with one attached hydrogen (secondary N) is 1. The number of aromatic nitrogens is 1. The fourth-order valence-electron chi connectivity index (χ4n) is 2.30. The van der Waals surface area contributed by atoms with Gasteiger partial charge >= 0.3 is 6.18 Å². The number of nitrogens with zero attached hydrogens (tertiary/aromatic N) is 2. The first-order chi connectivity index (χ1) is 11.3. The minimum absolute atomic E-state index is 0.0511. The zero-order chi connectivity index (χ0) is 17.7. The monoisotopic (exact) mass is 335 g/mol. The molecular formula is C18H20F3N3. The number of halogens is 3. The van der Waals surface area contributed by atoms with Crippen LogP contribution < -0.4 is 0 Å². The van der Waals surface area contributed by atoms with E-state index in [4.69, 9.17) is 0 Å². The average Bonchev–Trinajstić information content (AvgIpc) is 2.90. The lowest BCUT2D eigenvalue weighted by Gasteiger charge is -2.09. The minimum atomic E-state index is -4.39. The second-order valence-corrected chi connectivity index (χ2v) is 5.56. The summed E-state index contributed by atoms with van der Waals surface area (Å²) in [6.07, 6.45) is -0.664. The first kappa shape index (κ1) is 18.0. The average molecular weight is 335 g/mol. The van der Waals surface area contributed by atoms with Crippen molar-refractivity contribution in [3.05, 3.63) is 52.7 Å². The quantitative estimate of drug-likeness (QED) is 0.737. The third-order valence-electron chi connectivity index (χ3n) is 3.53. The first-order valence-electron chi connectivity index (χ1n) is 7.73. The molecule has 0 saturated carbocycles. The van der Waals surface area contributed by atoms with Gasteiger partial charge in [0.15, 0.2) is 0 Å². The van der Waals surface area contributed by atoms with E-state index in [1.54, 1.807) is 19.2 Å². The van der Waals surface area contributed by atoms with E-state index in [0.717, 1.165) is 29.6 Å². The van der Waals surface area contributed by atoms with Crippen molar-refractivity contribution in [3.63, 3.8) is 0 Å². The molecule has 3 nitrogen and oxygen atoms in total. The van der Waals surface area contributed by atoms with E-state index >= 15 is 0 Å². The second-order valence-electron chi connectivity index (χ2n) is 5.56. The van der Waals surface area contributed by atoms with Gasteiger partial charge in [-0.3, -0.25) is 4.99 Å². The lowest BCUT2D eigenvalue weighted by Crippen LogP contribution is -2.09. The summed E-state index contributed by atoms with van der Waals surface area (Å²) < 4.78 is 38.8. The highest BCUT2D eigenvalue weighted by Gasteiger charge is 2.32. The summed E-state index contributed by atoms with van der Waals surface area (Å²) in [6, 6.07) is 7.07. The number of benzene rings is 1. The maximum absolute atomic E-state index is 12.9. The molecule has 0 saturated heterocycles. The molecule has 0 aliphatic rings. The Bertz CT molecular complexity index is 742. The predicted molar refractivity (Wildman–Crippen MR) is 91.6 cm³/mol. The van der Waals surface area contributed by atoms with E-state index in [2.05, 4.69) is 15.0 Å². The van der Waals surface area contributed by atoms with Gasteiger partial charge in [-0.2, -0.15) is 13.2 Å². The highest BCUT2D eigenvalue weighted by atomic mass is 19.4. The van der Waals surface area contributed by atoms with Crippen LogP contribution in [0.1, 0.15) is 36.2 Å². The molecule has 24 heavy (non-hydrogen) atoms. The van der Waals surface area contributed by atoms with Gasteiger partial charge in [0.05, 0.1) is 11.6 Å². The largest absolute Gasteiger partial charge is 0.417 e. The van der Waals surface area contributed by atoms with E-state index in [-0.39, 0.29) is 11.6 Å². The highest BCUT2D eigenvalue weighted by molar-refractivity contribution is 5.84. The smallest absolute Gasteiger partial charge is 0.344 e. The first-order valence-corrected chi connectivity index (χ1v) is 7.73. The van der Waals surface area contributed by atoms with Gasteiger partial charge in [0.1, 0.15) is 5.82 Å². The molecule has 0 amide bonds. The van der Waals surface area contributed by atoms with Crippen molar-refractivity contribution in [2.75, 3.05) is 0 Å². The summed E-state index contributed by atoms with van der Waals surface area (Å²) in [5.74, 6) is 0.771. The number of aromatic amines is 1. The number of hydrogen-bond donors (Lipinski definition) is 1. The van der Waals surface area contributed by atoms with Crippen molar-refractivity contribution in [2.24, 2.45) is 9.98 Å². The van der Waals surface area contributed by atoms with Gasteiger partial charge in [0.2, 0.25) is 0 Å². The van der Waals surface area contributed by atoms with Crippen molar-refractivity contribution in [2.45, 2.75) is 39.4 Å². The van der Waals surface area contributed by atoms with Crippen LogP contribution in [0.5, 0.6) is 0 Å². The van der Waals surface area contributed by atoms with E-state index in [1.165, 1.54) is 18.3 Å². The molecule has 0 aliphatic heterocycles. The van der Waals surface area contributed by atoms with E-state index in [9.17, 15) is 13.2 Å². The second kappa shape index (κ2) is 7.47. The zero-order valence-electron chi connectivity index (χ0n) is 13.9. The molecule has 0 aliphatic carbocycles. The summed E-state index contributed by atoms with van der Waals surface area (Å²) in [5, 5.41) is 0. The Labute approximate surface area is 139 Å². The molecule has 0 fully saturated rings. The topological polar surface area (TPSA) is 40.5 Å². The van der Waals surface area contributed by atoms with Crippen LogP contribution >= 0.6 is 0 Å². The summed E-state index contributed by atoms with van der Waals surface area (Å²) in [7, 11) is 0. The Morgan fingerprint density at radius 3 is 2.62 bits per heavy atom. The van der Waals surface area contributed by atoms with Gasteiger partial charge in [-0.1, -0.05) is 25.1 Å². The fourth-order valence-corrected chi connectivity index (χ4v) is 2.30. The Hall–Kier alpha value is -2.37. The summed E-state index contributed by atoms with van der Waals surface area (Å²) in [4.78, 5) is 11.7. The number of aryl methyl sites for hydroxylation is 2. The fraction of sp³-hybridized carbons (Fsp3) is 0.333. The lowest BCUT2D eigenvalue weighted by molar-refractivity contribution is -0.137. The third kappa shape index (κ3) is 4.57. The van der Waals surface area contributed by atoms with E-state index < -0.39 is 11.7 Å². The number of rotatable bonds is 5. The van der Waals surface area contributed by atoms with Crippen LogP contribution in [0.4, 0.5) is 19.0 Å². The molecule has 1 N–H and O–H groups in total. The summed E-state index contributed by atoms with van der Waals surface area (Å²) >= 11 is 0. The van der Waals surface area contributed by atoms with Crippen molar-refractivity contribution < 1.29 is 13.2 Å². The maximum atomic E-state index is 12.9. The molecular weight excluding hydrogens is 315 g/mol. The number of H-pyrrole nitrogens is 1. The Kier molecular flexibility index (Phi) is 5.59. The minimum Gasteiger partial charge on any atom is -0.344 e.